The first-order valence-electron chi connectivity index (χ1n) is 8.94. The normalized spacial score (nSPS) is 17.6. The number of carbonyl (C=O) groups excluding carboxylic acids is 2. The van der Waals surface area contributed by atoms with Crippen molar-refractivity contribution in [3.63, 3.8) is 0 Å². The van der Waals surface area contributed by atoms with Crippen LogP contribution in [0.2, 0.25) is 0 Å². The number of anilines is 1. The Bertz CT molecular complexity index is 554. The lowest BCUT2D eigenvalue weighted by atomic mass is 10.0. The van der Waals surface area contributed by atoms with Crippen molar-refractivity contribution in [3.8, 4) is 0 Å². The largest absolute Gasteiger partial charge is 0.354 e. The molecule has 132 valence electrons. The van der Waals surface area contributed by atoms with Crippen LogP contribution in [0.4, 0.5) is 5.69 Å². The van der Waals surface area contributed by atoms with Gasteiger partial charge in [-0.2, -0.15) is 0 Å². The topological polar surface area (TPSA) is 61.4 Å². The highest BCUT2D eigenvalue weighted by Gasteiger charge is 2.37. The number of rotatable bonds is 8. The summed E-state index contributed by atoms with van der Waals surface area (Å²) in [6, 6.07) is 8.06. The Kier molecular flexibility index (Phi) is 6.79. The molecule has 0 aliphatic carbocycles. The van der Waals surface area contributed by atoms with Gasteiger partial charge in [0.15, 0.2) is 0 Å². The Morgan fingerprint density at radius 2 is 1.92 bits per heavy atom. The molecule has 0 spiro atoms. The third-order valence-electron chi connectivity index (χ3n) is 4.42. The van der Waals surface area contributed by atoms with Crippen LogP contribution in [0.25, 0.3) is 0 Å². The van der Waals surface area contributed by atoms with Gasteiger partial charge in [0.1, 0.15) is 5.92 Å². The minimum Gasteiger partial charge on any atom is -0.354 e. The van der Waals surface area contributed by atoms with E-state index in [1.54, 1.807) is 4.90 Å². The van der Waals surface area contributed by atoms with Crippen LogP contribution in [0.5, 0.6) is 0 Å². The van der Waals surface area contributed by atoms with Gasteiger partial charge in [-0.05, 0) is 43.0 Å². The summed E-state index contributed by atoms with van der Waals surface area (Å²) in [5.74, 6) is -0.333. The first kappa shape index (κ1) is 18.5. The third-order valence-corrected chi connectivity index (χ3v) is 4.42. The molecular weight excluding hydrogens is 302 g/mol. The smallest absolute Gasteiger partial charge is 0.239 e. The van der Waals surface area contributed by atoms with E-state index in [-0.39, 0.29) is 11.8 Å². The standard InChI is InChI=1S/C19H29N3O2/c1-4-10-20-11-12-21-18(23)17-9-13-22(19(17)24)16-7-5-15(6-8-16)14(2)3/h5-8,14,17,20H,4,9-13H2,1-3H3,(H,21,23). The molecule has 24 heavy (non-hydrogen) atoms. The van der Waals surface area contributed by atoms with E-state index in [2.05, 4.69) is 43.5 Å². The van der Waals surface area contributed by atoms with Gasteiger partial charge in [-0.3, -0.25) is 9.59 Å². The summed E-state index contributed by atoms with van der Waals surface area (Å²) in [6.45, 7) is 9.24. The maximum absolute atomic E-state index is 12.6. The molecule has 2 N–H and O–H groups in total. The second-order valence-electron chi connectivity index (χ2n) is 6.62. The predicted octanol–water partition coefficient (Wildman–Crippen LogP) is 2.28. The van der Waals surface area contributed by atoms with Crippen molar-refractivity contribution < 1.29 is 9.59 Å². The molecule has 0 bridgehead atoms. The van der Waals surface area contributed by atoms with E-state index in [1.165, 1.54) is 5.56 Å². The molecule has 1 aliphatic rings. The molecule has 5 nitrogen and oxygen atoms in total. The van der Waals surface area contributed by atoms with Crippen LogP contribution in [0, 0.1) is 5.92 Å². The Balaban J connectivity index is 1.88. The average Bonchev–Trinajstić information content (AvgIpc) is 2.96. The van der Waals surface area contributed by atoms with Gasteiger partial charge < -0.3 is 15.5 Å². The van der Waals surface area contributed by atoms with E-state index >= 15 is 0 Å². The van der Waals surface area contributed by atoms with Gasteiger partial charge in [-0.25, -0.2) is 0 Å². The molecule has 1 aliphatic heterocycles. The lowest BCUT2D eigenvalue weighted by Crippen LogP contribution is -2.39. The maximum atomic E-state index is 12.6. The zero-order valence-electron chi connectivity index (χ0n) is 15.0. The van der Waals surface area contributed by atoms with E-state index in [4.69, 9.17) is 0 Å². The van der Waals surface area contributed by atoms with Gasteiger partial charge >= 0.3 is 0 Å². The van der Waals surface area contributed by atoms with Crippen LogP contribution in [0.1, 0.15) is 45.1 Å². The molecule has 1 heterocycles. The summed E-state index contributed by atoms with van der Waals surface area (Å²) in [5, 5.41) is 6.09. The Hall–Kier alpha value is -1.88. The van der Waals surface area contributed by atoms with Crippen molar-refractivity contribution in [2.45, 2.75) is 39.5 Å². The number of benzene rings is 1. The summed E-state index contributed by atoms with van der Waals surface area (Å²) in [6.07, 6.45) is 1.65. The number of carbonyl (C=O) groups is 2. The molecule has 1 aromatic rings. The van der Waals surface area contributed by atoms with Gasteiger partial charge in [-0.15, -0.1) is 0 Å². The molecule has 0 radical (unpaired) electrons. The number of nitrogens with one attached hydrogen (secondary N) is 2. The first-order valence-corrected chi connectivity index (χ1v) is 8.94. The fraction of sp³-hybridized carbons (Fsp3) is 0.579. The summed E-state index contributed by atoms with van der Waals surface area (Å²) >= 11 is 0. The summed E-state index contributed by atoms with van der Waals surface area (Å²) in [4.78, 5) is 26.5. The second-order valence-corrected chi connectivity index (χ2v) is 6.62. The van der Waals surface area contributed by atoms with Crippen molar-refractivity contribution in [2.75, 3.05) is 31.1 Å². The average molecular weight is 331 g/mol. The lowest BCUT2D eigenvalue weighted by molar-refractivity contribution is -0.132. The molecule has 1 fully saturated rings. The fourth-order valence-corrected chi connectivity index (χ4v) is 2.92. The van der Waals surface area contributed by atoms with E-state index in [9.17, 15) is 9.59 Å². The highest BCUT2D eigenvalue weighted by Crippen LogP contribution is 2.27. The number of hydrogen-bond donors (Lipinski definition) is 2. The predicted molar refractivity (Wildman–Crippen MR) is 97.2 cm³/mol. The third kappa shape index (κ3) is 4.57. The van der Waals surface area contributed by atoms with Crippen molar-refractivity contribution >= 4 is 17.5 Å². The summed E-state index contributed by atoms with van der Waals surface area (Å²) in [7, 11) is 0. The van der Waals surface area contributed by atoms with Crippen molar-refractivity contribution in [2.24, 2.45) is 5.92 Å². The molecule has 0 saturated carbocycles. The van der Waals surface area contributed by atoms with Crippen LogP contribution in [0.15, 0.2) is 24.3 Å². The van der Waals surface area contributed by atoms with E-state index in [1.807, 2.05) is 12.1 Å². The van der Waals surface area contributed by atoms with E-state index in [0.29, 0.717) is 25.4 Å². The maximum Gasteiger partial charge on any atom is 0.239 e. The van der Waals surface area contributed by atoms with Crippen LogP contribution in [-0.4, -0.2) is 38.0 Å². The first-order chi connectivity index (χ1) is 11.5. The number of amides is 2. The molecule has 1 aromatic carbocycles. The zero-order chi connectivity index (χ0) is 17.5. The highest BCUT2D eigenvalue weighted by atomic mass is 16.2. The molecule has 2 amide bonds. The zero-order valence-corrected chi connectivity index (χ0v) is 15.0. The number of hydrogen-bond acceptors (Lipinski definition) is 3. The highest BCUT2D eigenvalue weighted by molar-refractivity contribution is 6.09. The van der Waals surface area contributed by atoms with Gasteiger partial charge in [0.25, 0.3) is 0 Å². The van der Waals surface area contributed by atoms with Crippen LogP contribution in [0.3, 0.4) is 0 Å². The monoisotopic (exact) mass is 331 g/mol. The molecule has 1 atom stereocenters. The van der Waals surface area contributed by atoms with E-state index in [0.717, 1.165) is 25.2 Å². The molecule has 1 unspecified atom stereocenters. The minimum absolute atomic E-state index is 0.0914. The molecule has 2 rings (SSSR count). The molecular formula is C19H29N3O2. The van der Waals surface area contributed by atoms with Gasteiger partial charge in [-0.1, -0.05) is 32.9 Å². The van der Waals surface area contributed by atoms with Crippen LogP contribution in [-0.2, 0) is 9.59 Å². The Labute approximate surface area is 144 Å². The van der Waals surface area contributed by atoms with Crippen molar-refractivity contribution in [3.05, 3.63) is 29.8 Å². The van der Waals surface area contributed by atoms with Crippen LogP contribution < -0.4 is 15.5 Å². The Morgan fingerprint density at radius 3 is 2.54 bits per heavy atom. The van der Waals surface area contributed by atoms with Crippen LogP contribution >= 0.6 is 0 Å². The quantitative estimate of drug-likeness (QED) is 0.567. The second kappa shape index (κ2) is 8.83. The SMILES string of the molecule is CCCNCCNC(=O)C1CCN(c2ccc(C(C)C)cc2)C1=O. The lowest BCUT2D eigenvalue weighted by Gasteiger charge is -2.18. The van der Waals surface area contributed by atoms with Gasteiger partial charge in [0.05, 0.1) is 0 Å². The van der Waals surface area contributed by atoms with Crippen molar-refractivity contribution in [1.29, 1.82) is 0 Å². The number of nitrogens with zero attached hydrogens (tertiary/aromatic N) is 1. The fourth-order valence-electron chi connectivity index (χ4n) is 2.92. The van der Waals surface area contributed by atoms with E-state index < -0.39 is 5.92 Å². The Morgan fingerprint density at radius 1 is 1.21 bits per heavy atom. The molecule has 0 aromatic heterocycles. The van der Waals surface area contributed by atoms with Gasteiger partial charge in [0, 0.05) is 25.3 Å². The van der Waals surface area contributed by atoms with Gasteiger partial charge in [0.2, 0.25) is 11.8 Å². The summed E-state index contributed by atoms with van der Waals surface area (Å²) < 4.78 is 0. The summed E-state index contributed by atoms with van der Waals surface area (Å²) in [5.41, 5.74) is 2.13. The molecule has 1 saturated heterocycles. The molecule has 5 heteroatoms. The minimum atomic E-state index is -0.555. The van der Waals surface area contributed by atoms with Crippen molar-refractivity contribution in [1.82, 2.24) is 10.6 Å².